The molecule has 1 aliphatic heterocycles. The van der Waals surface area contributed by atoms with E-state index in [2.05, 4.69) is 33.7 Å². The van der Waals surface area contributed by atoms with Crippen LogP contribution >= 0.6 is 23.4 Å². The highest BCUT2D eigenvalue weighted by atomic mass is 35.5. The smallest absolute Gasteiger partial charge is 0.409 e. The van der Waals surface area contributed by atoms with Crippen LogP contribution in [0.1, 0.15) is 53.7 Å². The number of nitro groups is 1. The maximum absolute atomic E-state index is 12.0. The average molecular weight is 697 g/mol. The summed E-state index contributed by atoms with van der Waals surface area (Å²) in [7, 11) is 5.64. The molecule has 0 saturated carbocycles. The number of likely N-dealkylation sites (tertiary alicyclic amines) is 1. The molecule has 1 fully saturated rings. The Morgan fingerprint density at radius 2 is 1.90 bits per heavy atom. The van der Waals surface area contributed by atoms with Gasteiger partial charge >= 0.3 is 6.09 Å². The molecule has 1 saturated heterocycles. The number of thioether (sulfide) groups is 1. The van der Waals surface area contributed by atoms with E-state index in [1.165, 1.54) is 27.8 Å². The van der Waals surface area contributed by atoms with E-state index in [4.69, 9.17) is 25.7 Å². The molecule has 48 heavy (non-hydrogen) atoms. The second-order valence-corrected chi connectivity index (χ2v) is 13.2. The van der Waals surface area contributed by atoms with Crippen LogP contribution in [-0.2, 0) is 29.9 Å². The molecule has 13 heteroatoms. The first-order valence-corrected chi connectivity index (χ1v) is 17.7. The molecule has 0 spiro atoms. The lowest BCUT2D eigenvalue weighted by atomic mass is 9.88. The van der Waals surface area contributed by atoms with Crippen molar-refractivity contribution in [2.45, 2.75) is 44.9 Å². The number of nitrogens with one attached hydrogen (secondary N) is 2. The first-order chi connectivity index (χ1) is 23.2. The van der Waals surface area contributed by atoms with Crippen molar-refractivity contribution in [2.75, 3.05) is 53.1 Å². The van der Waals surface area contributed by atoms with Crippen LogP contribution in [0, 0.1) is 10.1 Å². The highest BCUT2D eigenvalue weighted by Crippen LogP contribution is 2.38. The molecule has 11 nitrogen and oxygen atoms in total. The van der Waals surface area contributed by atoms with Crippen LogP contribution in [0.15, 0.2) is 70.7 Å². The van der Waals surface area contributed by atoms with E-state index in [0.717, 1.165) is 72.2 Å². The number of pyridine rings is 1. The molecule has 1 aliphatic carbocycles. The largest absolute Gasteiger partial charge is 0.464 e. The third-order valence-electron chi connectivity index (χ3n) is 7.87. The molecule has 1 amide bonds. The molecule has 0 radical (unpaired) electrons. The number of benzene rings is 1. The number of piperidine rings is 1. The number of carbonyl (C=O) groups excluding carboxylic acids is 1. The fraction of sp³-hybridized carbons (Fsp3) is 0.429. The quantitative estimate of drug-likeness (QED) is 0.133. The Bertz CT molecular complexity index is 1600. The summed E-state index contributed by atoms with van der Waals surface area (Å²) in [6.07, 6.45) is 6.17. The molecule has 0 bridgehead atoms. The SMILES string of the molecule is CCOC(=O)N1CCC(=C2c3ccc(Cl)cc3CCc3cccnc32)CC1.CN/C(=C/[N+](=O)[O-])NCCSCc1ccc(CN(C)C)o1. The lowest BCUT2D eigenvalue weighted by Gasteiger charge is -2.29. The Labute approximate surface area is 291 Å². The molecule has 1 aromatic carbocycles. The van der Waals surface area contributed by atoms with Crippen LogP contribution in [0.4, 0.5) is 4.79 Å². The minimum Gasteiger partial charge on any atom is -0.464 e. The minimum absolute atomic E-state index is 0.215. The molecule has 2 aromatic heterocycles. The third-order valence-corrected chi connectivity index (χ3v) is 9.09. The molecule has 0 atom stereocenters. The van der Waals surface area contributed by atoms with Gasteiger partial charge in [-0.2, -0.15) is 11.8 Å². The summed E-state index contributed by atoms with van der Waals surface area (Å²) in [5.74, 6) is 3.95. The summed E-state index contributed by atoms with van der Waals surface area (Å²) in [6, 6.07) is 14.3. The van der Waals surface area contributed by atoms with Crippen molar-refractivity contribution in [2.24, 2.45) is 0 Å². The second kappa shape index (κ2) is 18.5. The van der Waals surface area contributed by atoms with Gasteiger partial charge in [0.05, 0.1) is 29.5 Å². The highest BCUT2D eigenvalue weighted by molar-refractivity contribution is 7.98. The predicted molar refractivity (Wildman–Crippen MR) is 191 cm³/mol. The number of hydrogen-bond donors (Lipinski definition) is 2. The first-order valence-electron chi connectivity index (χ1n) is 16.1. The van der Waals surface area contributed by atoms with Gasteiger partial charge in [-0.25, -0.2) is 4.79 Å². The molecular formula is C35H45ClN6O5S. The van der Waals surface area contributed by atoms with Crippen LogP contribution in [-0.4, -0.2) is 78.9 Å². The van der Waals surface area contributed by atoms with Crippen LogP contribution in [0.3, 0.4) is 0 Å². The number of fused-ring (bicyclic) bond motifs is 2. The molecular weight excluding hydrogens is 652 g/mol. The van der Waals surface area contributed by atoms with Crippen molar-refractivity contribution >= 4 is 35.0 Å². The van der Waals surface area contributed by atoms with E-state index in [-0.39, 0.29) is 6.09 Å². The Morgan fingerprint density at radius 1 is 1.15 bits per heavy atom. The van der Waals surface area contributed by atoms with Crippen molar-refractivity contribution in [3.63, 3.8) is 0 Å². The van der Waals surface area contributed by atoms with Crippen LogP contribution in [0.25, 0.3) is 5.57 Å². The molecule has 3 aromatic rings. The molecule has 2 N–H and O–H groups in total. The Balaban J connectivity index is 0.000000225. The van der Waals surface area contributed by atoms with Crippen molar-refractivity contribution in [3.8, 4) is 0 Å². The van der Waals surface area contributed by atoms with Crippen molar-refractivity contribution < 1.29 is 18.9 Å². The van der Waals surface area contributed by atoms with Gasteiger partial charge in [-0.1, -0.05) is 29.3 Å². The van der Waals surface area contributed by atoms with Crippen LogP contribution in [0.5, 0.6) is 0 Å². The number of furan rings is 1. The number of hydrogen-bond acceptors (Lipinski definition) is 10. The maximum atomic E-state index is 12.0. The van der Waals surface area contributed by atoms with E-state index in [9.17, 15) is 14.9 Å². The molecule has 2 aliphatic rings. The lowest BCUT2D eigenvalue weighted by molar-refractivity contribution is -0.404. The summed E-state index contributed by atoms with van der Waals surface area (Å²) in [5.41, 5.74) is 7.46. The van der Waals surface area contributed by atoms with E-state index >= 15 is 0 Å². The number of carbonyl (C=O) groups is 1. The number of halogens is 1. The van der Waals surface area contributed by atoms with E-state index in [1.807, 2.05) is 51.5 Å². The van der Waals surface area contributed by atoms with Gasteiger partial charge in [0, 0.05) is 49.2 Å². The fourth-order valence-corrected chi connectivity index (χ4v) is 6.63. The van der Waals surface area contributed by atoms with Crippen molar-refractivity contribution in [3.05, 3.63) is 115 Å². The van der Waals surface area contributed by atoms with Gasteiger partial charge in [0.1, 0.15) is 11.5 Å². The second-order valence-electron chi connectivity index (χ2n) is 11.6. The number of ether oxygens (including phenoxy) is 1. The summed E-state index contributed by atoms with van der Waals surface area (Å²) >= 11 is 7.98. The zero-order valence-corrected chi connectivity index (χ0v) is 29.7. The number of rotatable bonds is 11. The van der Waals surface area contributed by atoms with E-state index in [1.54, 1.807) is 23.7 Å². The highest BCUT2D eigenvalue weighted by Gasteiger charge is 2.27. The van der Waals surface area contributed by atoms with Gasteiger partial charge < -0.3 is 29.6 Å². The maximum Gasteiger partial charge on any atom is 0.409 e. The van der Waals surface area contributed by atoms with Crippen LogP contribution in [0.2, 0.25) is 5.02 Å². The number of aromatic nitrogens is 1. The van der Waals surface area contributed by atoms with Crippen LogP contribution < -0.4 is 10.6 Å². The van der Waals surface area contributed by atoms with E-state index in [0.29, 0.717) is 32.1 Å². The Morgan fingerprint density at radius 3 is 2.60 bits per heavy atom. The minimum atomic E-state index is -0.485. The Kier molecular flexibility index (Phi) is 14.2. The van der Waals surface area contributed by atoms with Crippen molar-refractivity contribution in [1.29, 1.82) is 0 Å². The molecule has 258 valence electrons. The Hall–Kier alpha value is -4.00. The van der Waals surface area contributed by atoms with Gasteiger partial charge in [0.15, 0.2) is 5.82 Å². The summed E-state index contributed by atoms with van der Waals surface area (Å²) in [5, 5.41) is 16.8. The number of aryl methyl sites for hydroxylation is 2. The topological polar surface area (TPSA) is 126 Å². The normalized spacial score (nSPS) is 14.4. The van der Waals surface area contributed by atoms with Gasteiger partial charge in [-0.15, -0.1) is 0 Å². The van der Waals surface area contributed by atoms with Gasteiger partial charge in [0.2, 0.25) is 0 Å². The summed E-state index contributed by atoms with van der Waals surface area (Å²) in [4.78, 5) is 30.5. The first kappa shape index (κ1) is 36.8. The monoisotopic (exact) mass is 696 g/mol. The fourth-order valence-electron chi connectivity index (χ4n) is 5.69. The molecule has 5 rings (SSSR count). The average Bonchev–Trinajstić information content (AvgIpc) is 3.44. The standard InChI is InChI=1S/C22H23ClN2O2.C13H22N4O3S/c1-2-27-22(26)25-12-9-15(10-13-25)20-19-8-7-18(23)14-17(19)6-5-16-4-3-11-24-21(16)20;1-14-13(9-17(18)19)15-6-7-21-10-12-5-4-11(20-12)8-16(2)3/h3-4,7-8,11,14H,2,5-6,9-10,12-13H2,1H3;4-5,9,14-15H,6-8,10H2,1-3H3/b;13-9-. The molecule has 0 unspecified atom stereocenters. The van der Waals surface area contributed by atoms with Gasteiger partial charge in [-0.05, 0) is 93.7 Å². The third kappa shape index (κ3) is 10.8. The van der Waals surface area contributed by atoms with E-state index < -0.39 is 4.92 Å². The lowest BCUT2D eigenvalue weighted by Crippen LogP contribution is -2.37. The van der Waals surface area contributed by atoms with Gasteiger partial charge in [-0.3, -0.25) is 15.1 Å². The zero-order chi connectivity index (χ0) is 34.5. The summed E-state index contributed by atoms with van der Waals surface area (Å²) in [6.45, 7) is 5.06. The molecule has 3 heterocycles. The number of amides is 1. The summed E-state index contributed by atoms with van der Waals surface area (Å²) < 4.78 is 10.9. The number of nitrogens with zero attached hydrogens (tertiary/aromatic N) is 4. The van der Waals surface area contributed by atoms with Crippen molar-refractivity contribution in [1.82, 2.24) is 25.4 Å². The predicted octanol–water partition coefficient (Wildman–Crippen LogP) is 6.35. The zero-order valence-electron chi connectivity index (χ0n) is 28.1. The van der Waals surface area contributed by atoms with Gasteiger partial charge in [0.25, 0.3) is 6.20 Å².